The third-order valence-electron chi connectivity index (χ3n) is 3.72. The minimum absolute atomic E-state index is 0.00965. The smallest absolute Gasteiger partial charge is 0.222 e. The molecule has 2 heterocycles. The summed E-state index contributed by atoms with van der Waals surface area (Å²) in [6, 6.07) is 4.08. The molecule has 2 aliphatic heterocycles. The van der Waals surface area contributed by atoms with E-state index in [2.05, 4.69) is 32.6 Å². The van der Waals surface area contributed by atoms with Gasteiger partial charge in [-0.1, -0.05) is 15.9 Å². The molecule has 2 aliphatic rings. The number of amides is 1. The molecule has 0 saturated carbocycles. The summed E-state index contributed by atoms with van der Waals surface area (Å²) in [7, 11) is 0. The second kappa shape index (κ2) is 6.77. The highest BCUT2D eigenvalue weighted by Crippen LogP contribution is 2.32. The molecule has 6 heteroatoms. The Balaban J connectivity index is 1.56. The van der Waals surface area contributed by atoms with Crippen LogP contribution in [0.1, 0.15) is 17.5 Å². The first kappa shape index (κ1) is 14.8. The van der Waals surface area contributed by atoms with Gasteiger partial charge in [-0.2, -0.15) is 0 Å². The number of carbonyl (C=O) groups excluding carboxylic acids is 1. The molecule has 21 heavy (non-hydrogen) atoms. The fourth-order valence-electron chi connectivity index (χ4n) is 2.70. The number of benzene rings is 1. The van der Waals surface area contributed by atoms with Gasteiger partial charge in [0.25, 0.3) is 0 Å². The van der Waals surface area contributed by atoms with Crippen LogP contribution < -0.4 is 15.4 Å². The fraction of sp³-hybridized carbons (Fsp3) is 0.533. The van der Waals surface area contributed by atoms with Crippen molar-refractivity contribution in [1.29, 1.82) is 0 Å². The van der Waals surface area contributed by atoms with Gasteiger partial charge in [-0.05, 0) is 17.7 Å². The Morgan fingerprint density at radius 2 is 2.33 bits per heavy atom. The summed E-state index contributed by atoms with van der Waals surface area (Å²) in [6.07, 6.45) is 1.30. The van der Waals surface area contributed by atoms with Gasteiger partial charge in [0.1, 0.15) is 5.75 Å². The predicted octanol–water partition coefficient (Wildman–Crippen LogP) is 1.38. The molecule has 0 aromatic heterocycles. The van der Waals surface area contributed by atoms with Gasteiger partial charge in [0.2, 0.25) is 5.91 Å². The number of ether oxygens (including phenoxy) is 2. The molecule has 1 amide bonds. The summed E-state index contributed by atoms with van der Waals surface area (Å²) in [5.41, 5.74) is 2.22. The molecule has 5 nitrogen and oxygen atoms in total. The number of fused-ring (bicyclic) bond motifs is 1. The van der Waals surface area contributed by atoms with Crippen LogP contribution >= 0.6 is 15.9 Å². The van der Waals surface area contributed by atoms with E-state index in [1.54, 1.807) is 0 Å². The molecule has 0 spiro atoms. The molecule has 0 radical (unpaired) electrons. The maximum absolute atomic E-state index is 12.0. The summed E-state index contributed by atoms with van der Waals surface area (Å²) in [6.45, 7) is 3.47. The van der Waals surface area contributed by atoms with Crippen LogP contribution in [0.5, 0.6) is 5.75 Å². The van der Waals surface area contributed by atoms with E-state index in [0.717, 1.165) is 35.3 Å². The number of carbonyl (C=O) groups is 1. The highest BCUT2D eigenvalue weighted by atomic mass is 79.9. The van der Waals surface area contributed by atoms with Crippen molar-refractivity contribution in [3.05, 3.63) is 27.7 Å². The topological polar surface area (TPSA) is 59.6 Å². The van der Waals surface area contributed by atoms with Gasteiger partial charge < -0.3 is 20.1 Å². The minimum atomic E-state index is -0.0248. The van der Waals surface area contributed by atoms with Gasteiger partial charge in [-0.3, -0.25) is 4.79 Å². The molecular weight excluding hydrogens is 336 g/mol. The van der Waals surface area contributed by atoms with E-state index in [0.29, 0.717) is 26.2 Å². The number of hydrogen-bond acceptors (Lipinski definition) is 4. The molecule has 1 aromatic carbocycles. The second-order valence-corrected chi connectivity index (χ2v) is 6.25. The zero-order valence-corrected chi connectivity index (χ0v) is 13.4. The lowest BCUT2D eigenvalue weighted by Gasteiger charge is -2.23. The van der Waals surface area contributed by atoms with Crippen molar-refractivity contribution in [2.45, 2.75) is 25.5 Å². The monoisotopic (exact) mass is 354 g/mol. The Labute approximate surface area is 132 Å². The number of nitrogens with one attached hydrogen (secondary N) is 2. The standard InChI is InChI=1S/C15H19BrN2O3/c16-12-5-10-1-3-21-15(10)11(6-12)8-18-14(19)7-13-9-17-2-4-20-13/h5-6,13,17H,1-4,7-9H2,(H,18,19). The summed E-state index contributed by atoms with van der Waals surface area (Å²) < 4.78 is 12.2. The maximum Gasteiger partial charge on any atom is 0.222 e. The normalized spacial score (nSPS) is 20.7. The van der Waals surface area contributed by atoms with Crippen LogP contribution in [-0.4, -0.2) is 38.3 Å². The number of morpholine rings is 1. The van der Waals surface area contributed by atoms with Gasteiger partial charge in [-0.25, -0.2) is 0 Å². The molecule has 0 aliphatic carbocycles. The Bertz CT molecular complexity index is 530. The largest absolute Gasteiger partial charge is 0.493 e. The fourth-order valence-corrected chi connectivity index (χ4v) is 3.25. The molecule has 1 fully saturated rings. The molecule has 0 bridgehead atoms. The molecule has 114 valence electrons. The summed E-state index contributed by atoms with van der Waals surface area (Å²) >= 11 is 3.51. The van der Waals surface area contributed by atoms with Crippen LogP contribution in [0.15, 0.2) is 16.6 Å². The van der Waals surface area contributed by atoms with E-state index in [9.17, 15) is 4.79 Å². The Morgan fingerprint density at radius 3 is 3.14 bits per heavy atom. The van der Waals surface area contributed by atoms with E-state index in [-0.39, 0.29) is 12.0 Å². The van der Waals surface area contributed by atoms with E-state index >= 15 is 0 Å². The number of halogens is 1. The number of hydrogen-bond donors (Lipinski definition) is 2. The van der Waals surface area contributed by atoms with Crippen LogP contribution in [0.2, 0.25) is 0 Å². The SMILES string of the molecule is O=C(CC1CNCCO1)NCc1cc(Br)cc2c1OCC2. The van der Waals surface area contributed by atoms with Crippen molar-refractivity contribution in [3.8, 4) is 5.75 Å². The minimum Gasteiger partial charge on any atom is -0.493 e. The van der Waals surface area contributed by atoms with Crippen molar-refractivity contribution in [1.82, 2.24) is 10.6 Å². The highest BCUT2D eigenvalue weighted by Gasteiger charge is 2.20. The molecule has 2 N–H and O–H groups in total. The van der Waals surface area contributed by atoms with Crippen molar-refractivity contribution < 1.29 is 14.3 Å². The van der Waals surface area contributed by atoms with E-state index in [4.69, 9.17) is 9.47 Å². The van der Waals surface area contributed by atoms with Crippen molar-refractivity contribution >= 4 is 21.8 Å². The Hall–Kier alpha value is -1.11. The summed E-state index contributed by atoms with van der Waals surface area (Å²) in [5.74, 6) is 0.935. The molecule has 3 rings (SSSR count). The first-order chi connectivity index (χ1) is 10.2. The lowest BCUT2D eigenvalue weighted by molar-refractivity contribution is -0.124. The van der Waals surface area contributed by atoms with Crippen LogP contribution in [-0.2, 0) is 22.5 Å². The zero-order chi connectivity index (χ0) is 14.7. The lowest BCUT2D eigenvalue weighted by atomic mass is 10.1. The van der Waals surface area contributed by atoms with Crippen LogP contribution in [0.4, 0.5) is 0 Å². The van der Waals surface area contributed by atoms with Crippen LogP contribution in [0.3, 0.4) is 0 Å². The molecular formula is C15H19BrN2O3. The van der Waals surface area contributed by atoms with Gasteiger partial charge in [0.05, 0.1) is 25.7 Å². The average Bonchev–Trinajstić information content (AvgIpc) is 2.94. The van der Waals surface area contributed by atoms with Gasteiger partial charge in [-0.15, -0.1) is 0 Å². The molecule has 1 unspecified atom stereocenters. The Kier molecular flexibility index (Phi) is 4.77. The average molecular weight is 355 g/mol. The van der Waals surface area contributed by atoms with Gasteiger partial charge >= 0.3 is 0 Å². The lowest BCUT2D eigenvalue weighted by Crippen LogP contribution is -2.41. The zero-order valence-electron chi connectivity index (χ0n) is 11.8. The van der Waals surface area contributed by atoms with Crippen molar-refractivity contribution in [3.63, 3.8) is 0 Å². The predicted molar refractivity (Wildman–Crippen MR) is 82.4 cm³/mol. The number of rotatable bonds is 4. The maximum atomic E-state index is 12.0. The first-order valence-electron chi connectivity index (χ1n) is 7.25. The molecule has 1 aromatic rings. The summed E-state index contributed by atoms with van der Waals surface area (Å²) in [5, 5.41) is 6.18. The molecule has 1 atom stereocenters. The molecule has 1 saturated heterocycles. The van der Waals surface area contributed by atoms with E-state index in [1.807, 2.05) is 6.07 Å². The van der Waals surface area contributed by atoms with E-state index < -0.39 is 0 Å². The van der Waals surface area contributed by atoms with Crippen molar-refractivity contribution in [2.75, 3.05) is 26.3 Å². The van der Waals surface area contributed by atoms with Crippen LogP contribution in [0, 0.1) is 0 Å². The van der Waals surface area contributed by atoms with Gasteiger partial charge in [0.15, 0.2) is 0 Å². The van der Waals surface area contributed by atoms with Gasteiger partial charge in [0, 0.05) is 36.1 Å². The quantitative estimate of drug-likeness (QED) is 0.857. The Morgan fingerprint density at radius 1 is 1.43 bits per heavy atom. The summed E-state index contributed by atoms with van der Waals surface area (Å²) in [4.78, 5) is 12.0. The third-order valence-corrected chi connectivity index (χ3v) is 4.18. The first-order valence-corrected chi connectivity index (χ1v) is 8.05. The van der Waals surface area contributed by atoms with Crippen LogP contribution in [0.25, 0.3) is 0 Å². The van der Waals surface area contributed by atoms with Crippen molar-refractivity contribution in [2.24, 2.45) is 0 Å². The third kappa shape index (κ3) is 3.75. The van der Waals surface area contributed by atoms with E-state index in [1.165, 1.54) is 5.56 Å². The second-order valence-electron chi connectivity index (χ2n) is 5.33. The highest BCUT2D eigenvalue weighted by molar-refractivity contribution is 9.10.